The first-order valence-corrected chi connectivity index (χ1v) is 6.43. The summed E-state index contributed by atoms with van der Waals surface area (Å²) < 4.78 is 0. The number of hydrogen-bond donors (Lipinski definition) is 3. The Kier molecular flexibility index (Phi) is 6.27. The van der Waals surface area contributed by atoms with E-state index in [9.17, 15) is 4.79 Å². The van der Waals surface area contributed by atoms with Crippen LogP contribution >= 0.6 is 24.2 Å². The monoisotopic (exact) mass is 311 g/mol. The molecule has 106 valence electrons. The highest BCUT2D eigenvalue weighted by Crippen LogP contribution is 2.10. The molecule has 0 radical (unpaired) electrons. The van der Waals surface area contributed by atoms with E-state index < -0.39 is 5.97 Å². The van der Waals surface area contributed by atoms with E-state index >= 15 is 0 Å². The van der Waals surface area contributed by atoms with E-state index in [1.165, 1.54) is 13.3 Å². The first-order chi connectivity index (χ1) is 9.45. The minimum absolute atomic E-state index is 0.0240. The van der Waals surface area contributed by atoms with Crippen molar-refractivity contribution in [2.75, 3.05) is 7.05 Å². The number of rotatable bonds is 5. The lowest BCUT2D eigenvalue weighted by atomic mass is 10.2. The number of carboxylic acid groups (broad SMARTS) is 1. The van der Waals surface area contributed by atoms with Crippen LogP contribution in [0.15, 0.2) is 45.0 Å². The molecule has 0 heterocycles. The fourth-order valence-electron chi connectivity index (χ4n) is 1.31. The summed E-state index contributed by atoms with van der Waals surface area (Å²) >= 11 is 9.86. The molecule has 5 nitrogen and oxygen atoms in total. The average molecular weight is 312 g/mol. The lowest BCUT2D eigenvalue weighted by Gasteiger charge is -2.06. The van der Waals surface area contributed by atoms with Crippen LogP contribution in [0.4, 0.5) is 0 Å². The van der Waals surface area contributed by atoms with Gasteiger partial charge in [0.15, 0.2) is 0 Å². The van der Waals surface area contributed by atoms with Gasteiger partial charge in [0.2, 0.25) is 0 Å². The van der Waals surface area contributed by atoms with Gasteiger partial charge >= 0.3 is 5.97 Å². The molecule has 0 amide bonds. The maximum absolute atomic E-state index is 11.1. The Morgan fingerprint density at radius 1 is 1.40 bits per heavy atom. The highest BCUT2D eigenvalue weighted by molar-refractivity contribution is 7.84. The number of hydrazone groups is 1. The fourth-order valence-corrected chi connectivity index (χ4v) is 1.75. The van der Waals surface area contributed by atoms with Gasteiger partial charge in [-0.1, -0.05) is 23.7 Å². The highest BCUT2D eigenvalue weighted by Gasteiger charge is 2.14. The molecule has 20 heavy (non-hydrogen) atoms. The van der Waals surface area contributed by atoms with Crippen LogP contribution in [0.2, 0.25) is 5.02 Å². The molecule has 0 aromatic heterocycles. The van der Waals surface area contributed by atoms with Gasteiger partial charge < -0.3 is 5.11 Å². The van der Waals surface area contributed by atoms with Crippen LogP contribution in [0.25, 0.3) is 0 Å². The maximum atomic E-state index is 11.1. The van der Waals surface area contributed by atoms with Crippen LogP contribution < -0.4 is 5.43 Å². The van der Waals surface area contributed by atoms with Crippen LogP contribution in [-0.4, -0.2) is 30.0 Å². The predicted octanol–water partition coefficient (Wildman–Crippen LogP) is 2.58. The molecular formula is C13H14ClN3O2S. The predicted molar refractivity (Wildman–Crippen MR) is 84.9 cm³/mol. The van der Waals surface area contributed by atoms with E-state index in [-0.39, 0.29) is 10.6 Å². The van der Waals surface area contributed by atoms with Crippen molar-refractivity contribution in [1.29, 1.82) is 0 Å². The Morgan fingerprint density at radius 2 is 2.00 bits per heavy atom. The Hall–Kier alpha value is -1.79. The van der Waals surface area contributed by atoms with E-state index in [1.54, 1.807) is 31.2 Å². The van der Waals surface area contributed by atoms with Crippen molar-refractivity contribution < 1.29 is 9.90 Å². The van der Waals surface area contributed by atoms with Crippen LogP contribution in [0.3, 0.4) is 0 Å². The smallest absolute Gasteiger partial charge is 0.340 e. The zero-order chi connectivity index (χ0) is 15.1. The number of aliphatic carboxylic acids is 1. The van der Waals surface area contributed by atoms with E-state index in [4.69, 9.17) is 16.7 Å². The van der Waals surface area contributed by atoms with Crippen molar-refractivity contribution in [1.82, 2.24) is 5.43 Å². The summed E-state index contributed by atoms with van der Waals surface area (Å²) in [6.45, 7) is 1.59. The van der Waals surface area contributed by atoms with Crippen molar-refractivity contribution in [3.8, 4) is 0 Å². The molecule has 0 saturated carbocycles. The van der Waals surface area contributed by atoms with Crippen LogP contribution in [0, 0.1) is 0 Å². The summed E-state index contributed by atoms with van der Waals surface area (Å²) in [4.78, 5) is 14.9. The third-order valence-electron chi connectivity index (χ3n) is 2.40. The molecule has 0 fully saturated rings. The minimum Gasteiger partial charge on any atom is -0.478 e. The van der Waals surface area contributed by atoms with Crippen molar-refractivity contribution in [2.45, 2.75) is 6.92 Å². The van der Waals surface area contributed by atoms with E-state index in [1.807, 2.05) is 0 Å². The Balaban J connectivity index is 2.86. The largest absolute Gasteiger partial charge is 0.478 e. The first kappa shape index (κ1) is 16.3. The highest BCUT2D eigenvalue weighted by atomic mass is 35.5. The number of nitrogens with zero attached hydrogens (tertiary/aromatic N) is 2. The summed E-state index contributed by atoms with van der Waals surface area (Å²) in [6.07, 6.45) is 1.53. The zero-order valence-electron chi connectivity index (χ0n) is 11.0. The molecular weight excluding hydrogens is 298 g/mol. The van der Waals surface area contributed by atoms with Crippen molar-refractivity contribution >= 4 is 42.1 Å². The molecule has 0 unspecified atom stereocenters. The number of halogens is 1. The Labute approximate surface area is 127 Å². The second kappa shape index (κ2) is 7.72. The van der Waals surface area contributed by atoms with E-state index in [0.717, 1.165) is 5.56 Å². The van der Waals surface area contributed by atoms with Gasteiger partial charge in [0.25, 0.3) is 0 Å². The van der Waals surface area contributed by atoms with Crippen LogP contribution in [0.5, 0.6) is 0 Å². The summed E-state index contributed by atoms with van der Waals surface area (Å²) in [5.41, 5.74) is 3.72. The molecule has 2 N–H and O–H groups in total. The molecule has 0 atom stereocenters. The van der Waals surface area contributed by atoms with Gasteiger partial charge in [-0.05, 0) is 24.6 Å². The number of nitrogens with one attached hydrogen (secondary N) is 1. The van der Waals surface area contributed by atoms with Crippen LogP contribution in [0.1, 0.15) is 12.5 Å². The van der Waals surface area contributed by atoms with Gasteiger partial charge in [0, 0.05) is 17.8 Å². The topological polar surface area (TPSA) is 74.0 Å². The maximum Gasteiger partial charge on any atom is 0.340 e. The standard InChI is InChI=1S/C13H14ClN3O2S/c1-8(15-2)11(13(18)19)12(20)17-16-7-9-3-5-10(14)6-4-9/h3-7,17,20H,1-2H3,(H,18,19)/b12-11+,15-8-,16-7+. The number of benzene rings is 1. The second-order valence-corrected chi connectivity index (χ2v) is 4.64. The molecule has 1 rings (SSSR count). The summed E-state index contributed by atoms with van der Waals surface area (Å²) in [7, 11) is 1.51. The number of aliphatic imine (C=N–C) groups is 1. The molecule has 0 aliphatic heterocycles. The van der Waals surface area contributed by atoms with Crippen molar-refractivity contribution in [3.63, 3.8) is 0 Å². The Morgan fingerprint density at radius 3 is 2.50 bits per heavy atom. The molecule has 1 aromatic rings. The second-order valence-electron chi connectivity index (χ2n) is 3.76. The third kappa shape index (κ3) is 4.71. The summed E-state index contributed by atoms with van der Waals surface area (Å²) in [6, 6.07) is 7.03. The molecule has 0 saturated heterocycles. The van der Waals surface area contributed by atoms with E-state index in [0.29, 0.717) is 10.7 Å². The van der Waals surface area contributed by atoms with Gasteiger partial charge in [-0.3, -0.25) is 10.4 Å². The number of carboxylic acids is 1. The Bertz CT molecular complexity index is 580. The van der Waals surface area contributed by atoms with Gasteiger partial charge in [-0.15, -0.1) is 12.6 Å². The van der Waals surface area contributed by atoms with Gasteiger partial charge in [0.1, 0.15) is 10.6 Å². The van der Waals surface area contributed by atoms with Crippen molar-refractivity contribution in [2.24, 2.45) is 10.1 Å². The average Bonchev–Trinajstić information content (AvgIpc) is 2.40. The van der Waals surface area contributed by atoms with Gasteiger partial charge in [-0.25, -0.2) is 4.79 Å². The van der Waals surface area contributed by atoms with Gasteiger partial charge in [0.05, 0.1) is 6.21 Å². The number of hydrogen-bond acceptors (Lipinski definition) is 5. The summed E-state index contributed by atoms with van der Waals surface area (Å²) in [5, 5.41) is 13.8. The van der Waals surface area contributed by atoms with Crippen LogP contribution in [-0.2, 0) is 4.79 Å². The molecule has 7 heteroatoms. The number of carbonyl (C=O) groups is 1. The van der Waals surface area contributed by atoms with E-state index in [2.05, 4.69) is 28.1 Å². The summed E-state index contributed by atoms with van der Waals surface area (Å²) in [5.74, 6) is -1.12. The minimum atomic E-state index is -1.12. The third-order valence-corrected chi connectivity index (χ3v) is 2.98. The zero-order valence-corrected chi connectivity index (χ0v) is 12.6. The SMILES string of the molecule is C/N=C(C)\C(C(=O)O)=C(/S)N/N=C/c1ccc(Cl)cc1. The fraction of sp³-hybridized carbons (Fsp3) is 0.154. The first-order valence-electron chi connectivity index (χ1n) is 5.60. The number of thiol groups is 1. The van der Waals surface area contributed by atoms with Crippen molar-refractivity contribution in [3.05, 3.63) is 45.5 Å². The lowest BCUT2D eigenvalue weighted by Crippen LogP contribution is -2.16. The molecule has 0 spiro atoms. The molecule has 0 bridgehead atoms. The van der Waals surface area contributed by atoms with Gasteiger partial charge in [-0.2, -0.15) is 5.10 Å². The quantitative estimate of drug-likeness (QED) is 0.339. The molecule has 1 aromatic carbocycles. The lowest BCUT2D eigenvalue weighted by molar-refractivity contribution is -0.132. The molecule has 0 aliphatic rings. The molecule has 0 aliphatic carbocycles. The normalized spacial score (nSPS) is 13.3.